The van der Waals surface area contributed by atoms with Crippen LogP contribution in [0.4, 0.5) is 4.79 Å². The lowest BCUT2D eigenvalue weighted by molar-refractivity contribution is 0.0514. The number of ether oxygens (including phenoxy) is 1. The van der Waals surface area contributed by atoms with E-state index in [1.807, 2.05) is 20.8 Å². The molecule has 2 aliphatic carbocycles. The number of carbonyl (C=O) groups is 1. The molecule has 0 saturated heterocycles. The molecule has 0 unspecified atom stereocenters. The van der Waals surface area contributed by atoms with E-state index in [9.17, 15) is 4.79 Å². The molecule has 0 aromatic rings. The molecule has 0 bridgehead atoms. The molecule has 2 aliphatic rings. The van der Waals surface area contributed by atoms with E-state index in [-0.39, 0.29) is 6.09 Å². The van der Waals surface area contributed by atoms with Gasteiger partial charge in [0.25, 0.3) is 0 Å². The van der Waals surface area contributed by atoms with E-state index in [1.54, 1.807) is 0 Å². The minimum atomic E-state index is -0.419. The van der Waals surface area contributed by atoms with Crippen molar-refractivity contribution < 1.29 is 9.53 Å². The highest BCUT2D eigenvalue weighted by Gasteiger charge is 2.22. The number of hydrogen-bond donors (Lipinski definition) is 3. The Balaban J connectivity index is 1.46. The van der Waals surface area contributed by atoms with Crippen molar-refractivity contribution in [3.63, 3.8) is 0 Å². The fourth-order valence-corrected chi connectivity index (χ4v) is 4.12. The molecule has 0 radical (unpaired) electrons. The van der Waals surface area contributed by atoms with Gasteiger partial charge in [0.1, 0.15) is 5.60 Å². The Morgan fingerprint density at radius 3 is 2.04 bits per heavy atom. The zero-order chi connectivity index (χ0) is 18.8. The zero-order valence-electron chi connectivity index (χ0n) is 17.2. The van der Waals surface area contributed by atoms with Crippen molar-refractivity contribution in [1.29, 1.82) is 0 Å². The molecule has 2 fully saturated rings. The molecule has 0 aliphatic heterocycles. The second kappa shape index (κ2) is 11.1. The van der Waals surface area contributed by atoms with Crippen LogP contribution in [0.25, 0.3) is 0 Å². The summed E-state index contributed by atoms with van der Waals surface area (Å²) in [5, 5.41) is 10.4. The minimum Gasteiger partial charge on any atom is -0.444 e. The highest BCUT2D eigenvalue weighted by molar-refractivity contribution is 5.67. The minimum absolute atomic E-state index is 0.289. The Labute approximate surface area is 160 Å². The predicted molar refractivity (Wildman–Crippen MR) is 107 cm³/mol. The predicted octanol–water partition coefficient (Wildman–Crippen LogP) is 3.97. The molecule has 0 atom stereocenters. The van der Waals surface area contributed by atoms with Crippen molar-refractivity contribution in [2.75, 3.05) is 19.6 Å². The Bertz CT molecular complexity index is 395. The number of amides is 1. The Kier molecular flexibility index (Phi) is 9.20. The normalized spacial score (nSPS) is 25.0. The van der Waals surface area contributed by atoms with Crippen molar-refractivity contribution in [3.8, 4) is 0 Å². The van der Waals surface area contributed by atoms with E-state index in [1.165, 1.54) is 64.2 Å². The molecular formula is C21H41N3O2. The van der Waals surface area contributed by atoms with Crippen LogP contribution in [-0.4, -0.2) is 43.4 Å². The van der Waals surface area contributed by atoms with Gasteiger partial charge in [-0.1, -0.05) is 19.3 Å². The Morgan fingerprint density at radius 2 is 1.46 bits per heavy atom. The summed E-state index contributed by atoms with van der Waals surface area (Å²) in [4.78, 5) is 11.7. The highest BCUT2D eigenvalue weighted by atomic mass is 16.6. The van der Waals surface area contributed by atoms with Crippen LogP contribution in [0.1, 0.15) is 85.0 Å². The van der Waals surface area contributed by atoms with Crippen LogP contribution in [-0.2, 0) is 4.74 Å². The smallest absolute Gasteiger partial charge is 0.407 e. The fraction of sp³-hybridized carbons (Fsp3) is 0.952. The Hall–Kier alpha value is -0.810. The van der Waals surface area contributed by atoms with E-state index >= 15 is 0 Å². The maximum atomic E-state index is 11.7. The van der Waals surface area contributed by atoms with E-state index in [0.717, 1.165) is 25.7 Å². The molecule has 5 nitrogen and oxygen atoms in total. The van der Waals surface area contributed by atoms with Gasteiger partial charge in [-0.2, -0.15) is 0 Å². The summed E-state index contributed by atoms with van der Waals surface area (Å²) in [6.45, 7) is 8.70. The number of hydrogen-bond acceptors (Lipinski definition) is 4. The van der Waals surface area contributed by atoms with Crippen LogP contribution < -0.4 is 16.0 Å². The van der Waals surface area contributed by atoms with E-state index in [0.29, 0.717) is 12.0 Å². The third-order valence-corrected chi connectivity index (χ3v) is 5.61. The second-order valence-corrected chi connectivity index (χ2v) is 9.20. The van der Waals surface area contributed by atoms with Gasteiger partial charge in [-0.3, -0.25) is 0 Å². The van der Waals surface area contributed by atoms with Gasteiger partial charge in [-0.15, -0.1) is 0 Å². The fourth-order valence-electron chi connectivity index (χ4n) is 4.12. The monoisotopic (exact) mass is 367 g/mol. The number of rotatable bonds is 8. The van der Waals surface area contributed by atoms with Crippen molar-refractivity contribution in [3.05, 3.63) is 0 Å². The van der Waals surface area contributed by atoms with Crippen molar-refractivity contribution in [1.82, 2.24) is 16.0 Å². The zero-order valence-corrected chi connectivity index (χ0v) is 17.2. The van der Waals surface area contributed by atoms with E-state index in [2.05, 4.69) is 16.0 Å². The van der Waals surface area contributed by atoms with Crippen LogP contribution in [0.5, 0.6) is 0 Å². The van der Waals surface area contributed by atoms with Gasteiger partial charge in [0, 0.05) is 18.6 Å². The van der Waals surface area contributed by atoms with Crippen LogP contribution in [0.3, 0.4) is 0 Å². The molecule has 0 heterocycles. The lowest BCUT2D eigenvalue weighted by Crippen LogP contribution is -2.39. The molecular weight excluding hydrogens is 326 g/mol. The molecule has 0 aromatic carbocycles. The molecule has 152 valence electrons. The van der Waals surface area contributed by atoms with Gasteiger partial charge in [0.2, 0.25) is 0 Å². The lowest BCUT2D eigenvalue weighted by Gasteiger charge is -2.30. The van der Waals surface area contributed by atoms with E-state index < -0.39 is 5.60 Å². The maximum Gasteiger partial charge on any atom is 0.407 e. The van der Waals surface area contributed by atoms with Gasteiger partial charge in [0.15, 0.2) is 0 Å². The van der Waals surface area contributed by atoms with Gasteiger partial charge in [-0.25, -0.2) is 4.79 Å². The van der Waals surface area contributed by atoms with Gasteiger partial charge >= 0.3 is 6.09 Å². The first kappa shape index (κ1) is 21.5. The molecule has 26 heavy (non-hydrogen) atoms. The third kappa shape index (κ3) is 9.22. The van der Waals surface area contributed by atoms with Crippen molar-refractivity contribution in [2.24, 2.45) is 5.92 Å². The van der Waals surface area contributed by atoms with Gasteiger partial charge < -0.3 is 20.7 Å². The Morgan fingerprint density at radius 1 is 0.885 bits per heavy atom. The van der Waals surface area contributed by atoms with Crippen LogP contribution in [0, 0.1) is 5.92 Å². The summed E-state index contributed by atoms with van der Waals surface area (Å²) in [5.74, 6) is 0.591. The third-order valence-electron chi connectivity index (χ3n) is 5.61. The molecule has 3 N–H and O–H groups in total. The summed E-state index contributed by atoms with van der Waals surface area (Å²) in [5.41, 5.74) is -0.419. The molecule has 1 amide bonds. The summed E-state index contributed by atoms with van der Waals surface area (Å²) >= 11 is 0. The SMILES string of the molecule is CC(C)(C)OC(=O)NCC1CCC(NCCCNC2CCCCC2)CC1. The van der Waals surface area contributed by atoms with Gasteiger partial charge in [-0.05, 0) is 84.7 Å². The first-order valence-electron chi connectivity index (χ1n) is 10.9. The molecule has 2 saturated carbocycles. The number of nitrogens with one attached hydrogen (secondary N) is 3. The maximum absolute atomic E-state index is 11.7. The summed E-state index contributed by atoms with van der Waals surface area (Å²) < 4.78 is 5.30. The van der Waals surface area contributed by atoms with Gasteiger partial charge in [0.05, 0.1) is 0 Å². The van der Waals surface area contributed by atoms with E-state index in [4.69, 9.17) is 4.74 Å². The van der Waals surface area contributed by atoms with Crippen molar-refractivity contribution >= 4 is 6.09 Å². The number of carbonyl (C=O) groups excluding carboxylic acids is 1. The standard InChI is InChI=1S/C21H41N3O2/c1-21(2,3)26-20(25)24-16-17-10-12-19(13-11-17)23-15-7-14-22-18-8-5-4-6-9-18/h17-19,22-23H,4-16H2,1-3H3,(H,24,25). The summed E-state index contributed by atoms with van der Waals surface area (Å²) in [6, 6.07) is 1.43. The van der Waals surface area contributed by atoms with Crippen LogP contribution in [0.2, 0.25) is 0 Å². The first-order chi connectivity index (χ1) is 12.4. The summed E-state index contributed by atoms with van der Waals surface area (Å²) in [6.07, 6.45) is 12.7. The van der Waals surface area contributed by atoms with Crippen LogP contribution >= 0.6 is 0 Å². The molecule has 0 aromatic heterocycles. The quantitative estimate of drug-likeness (QED) is 0.568. The largest absolute Gasteiger partial charge is 0.444 e. The summed E-state index contributed by atoms with van der Waals surface area (Å²) in [7, 11) is 0. The highest BCUT2D eigenvalue weighted by Crippen LogP contribution is 2.24. The molecule has 2 rings (SSSR count). The number of alkyl carbamates (subject to hydrolysis) is 1. The first-order valence-corrected chi connectivity index (χ1v) is 10.9. The van der Waals surface area contributed by atoms with Crippen molar-refractivity contribution in [2.45, 2.75) is 103 Å². The second-order valence-electron chi connectivity index (χ2n) is 9.20. The molecule has 0 spiro atoms. The molecule has 5 heteroatoms. The average Bonchev–Trinajstić information content (AvgIpc) is 2.60. The average molecular weight is 368 g/mol. The lowest BCUT2D eigenvalue weighted by atomic mass is 9.86. The van der Waals surface area contributed by atoms with Crippen LogP contribution in [0.15, 0.2) is 0 Å². The topological polar surface area (TPSA) is 62.4 Å².